The van der Waals surface area contributed by atoms with Crippen molar-refractivity contribution in [2.24, 2.45) is 0 Å². The molecule has 5 heteroatoms. The summed E-state index contributed by atoms with van der Waals surface area (Å²) in [6.45, 7) is 0. The molecule has 0 radical (unpaired) electrons. The molecule has 0 aliphatic carbocycles. The zero-order valence-electron chi connectivity index (χ0n) is 10.5. The van der Waals surface area contributed by atoms with E-state index in [4.69, 9.17) is 26.8 Å². The van der Waals surface area contributed by atoms with Crippen molar-refractivity contribution >= 4 is 17.3 Å². The van der Waals surface area contributed by atoms with Gasteiger partial charge in [0.2, 0.25) is 0 Å². The summed E-state index contributed by atoms with van der Waals surface area (Å²) in [6.07, 6.45) is 0. The average molecular weight is 282 g/mol. The molecule has 2 aromatic carbocycles. The minimum Gasteiger partial charge on any atom is -0.495 e. The van der Waals surface area contributed by atoms with E-state index in [0.29, 0.717) is 33.3 Å². The Balaban J connectivity index is 2.68. The predicted octanol–water partition coefficient (Wildman–Crippen LogP) is 3.75. The van der Waals surface area contributed by atoms with E-state index < -0.39 is 5.82 Å². The van der Waals surface area contributed by atoms with Gasteiger partial charge in [-0.05, 0) is 30.3 Å². The van der Waals surface area contributed by atoms with Crippen LogP contribution in [0, 0.1) is 5.82 Å². The number of benzene rings is 2. The first-order valence-electron chi connectivity index (χ1n) is 5.54. The normalized spacial score (nSPS) is 10.3. The van der Waals surface area contributed by atoms with Gasteiger partial charge in [-0.1, -0.05) is 11.6 Å². The maximum absolute atomic E-state index is 13.9. The van der Waals surface area contributed by atoms with Crippen LogP contribution in [0.1, 0.15) is 0 Å². The average Bonchev–Trinajstić information content (AvgIpc) is 2.41. The zero-order chi connectivity index (χ0) is 14.0. The van der Waals surface area contributed by atoms with Gasteiger partial charge in [-0.3, -0.25) is 0 Å². The first-order valence-corrected chi connectivity index (χ1v) is 5.92. The van der Waals surface area contributed by atoms with Gasteiger partial charge >= 0.3 is 0 Å². The van der Waals surface area contributed by atoms with Gasteiger partial charge in [0.25, 0.3) is 0 Å². The fraction of sp³-hybridized carbons (Fsp3) is 0.143. The predicted molar refractivity (Wildman–Crippen MR) is 74.4 cm³/mol. The van der Waals surface area contributed by atoms with Crippen molar-refractivity contribution in [1.82, 2.24) is 0 Å². The van der Waals surface area contributed by atoms with Crippen LogP contribution in [0.2, 0.25) is 5.02 Å². The summed E-state index contributed by atoms with van der Waals surface area (Å²) in [5.41, 5.74) is 7.01. The Kier molecular flexibility index (Phi) is 3.81. The zero-order valence-corrected chi connectivity index (χ0v) is 11.3. The van der Waals surface area contributed by atoms with E-state index in [-0.39, 0.29) is 0 Å². The Bertz CT molecular complexity index is 617. The van der Waals surface area contributed by atoms with Gasteiger partial charge in [-0.15, -0.1) is 0 Å². The van der Waals surface area contributed by atoms with Crippen molar-refractivity contribution in [2.45, 2.75) is 0 Å². The number of methoxy groups -OCH3 is 2. The van der Waals surface area contributed by atoms with Gasteiger partial charge in [-0.25, -0.2) is 4.39 Å². The van der Waals surface area contributed by atoms with Gasteiger partial charge in [-0.2, -0.15) is 0 Å². The molecule has 3 nitrogen and oxygen atoms in total. The third-order valence-corrected chi connectivity index (χ3v) is 3.12. The van der Waals surface area contributed by atoms with Crippen molar-refractivity contribution in [2.75, 3.05) is 20.0 Å². The summed E-state index contributed by atoms with van der Waals surface area (Å²) in [5.74, 6) is 0.422. The van der Waals surface area contributed by atoms with Crippen LogP contribution in [0.4, 0.5) is 10.1 Å². The Labute approximate surface area is 115 Å². The monoisotopic (exact) mass is 281 g/mol. The number of nitrogens with two attached hydrogens (primary N) is 1. The Morgan fingerprint density at radius 1 is 1.05 bits per heavy atom. The molecule has 2 rings (SSSR count). The fourth-order valence-electron chi connectivity index (χ4n) is 1.86. The molecule has 0 bridgehead atoms. The van der Waals surface area contributed by atoms with Gasteiger partial charge < -0.3 is 15.2 Å². The number of ether oxygens (including phenoxy) is 2. The van der Waals surface area contributed by atoms with E-state index >= 15 is 0 Å². The summed E-state index contributed by atoms with van der Waals surface area (Å²) in [4.78, 5) is 0. The second kappa shape index (κ2) is 5.36. The molecular weight excluding hydrogens is 269 g/mol. The Hall–Kier alpha value is -1.94. The lowest BCUT2D eigenvalue weighted by Gasteiger charge is -2.14. The van der Waals surface area contributed by atoms with E-state index in [1.807, 2.05) is 0 Å². The molecule has 0 aromatic heterocycles. The summed E-state index contributed by atoms with van der Waals surface area (Å²) < 4.78 is 24.3. The maximum Gasteiger partial charge on any atom is 0.149 e. The first-order chi connectivity index (χ1) is 9.08. The van der Waals surface area contributed by atoms with Crippen LogP contribution in [-0.2, 0) is 0 Å². The third-order valence-electron chi connectivity index (χ3n) is 2.77. The molecule has 0 aliphatic rings. The topological polar surface area (TPSA) is 44.5 Å². The summed E-state index contributed by atoms with van der Waals surface area (Å²) in [6, 6.07) is 7.68. The molecule has 0 aliphatic heterocycles. The lowest BCUT2D eigenvalue weighted by Crippen LogP contribution is -1.95. The number of hydrogen-bond acceptors (Lipinski definition) is 3. The van der Waals surface area contributed by atoms with Crippen molar-refractivity contribution in [3.63, 3.8) is 0 Å². The number of anilines is 1. The highest BCUT2D eigenvalue weighted by Crippen LogP contribution is 2.42. The quantitative estimate of drug-likeness (QED) is 0.872. The Morgan fingerprint density at radius 3 is 2.42 bits per heavy atom. The van der Waals surface area contributed by atoms with Crippen LogP contribution >= 0.6 is 11.6 Å². The maximum atomic E-state index is 13.9. The molecule has 100 valence electrons. The standard InChI is InChI=1S/C14H13ClFNO2/c1-18-12-6-4-9(14(19-2)13(12)15)10-7-8(17)3-5-11(10)16/h3-7H,17H2,1-2H3. The van der Waals surface area contributed by atoms with E-state index in [0.717, 1.165) is 0 Å². The van der Waals surface area contributed by atoms with Crippen LogP contribution in [0.15, 0.2) is 30.3 Å². The molecule has 2 aromatic rings. The SMILES string of the molecule is COc1ccc(-c2cc(N)ccc2F)c(OC)c1Cl. The lowest BCUT2D eigenvalue weighted by atomic mass is 10.0. The van der Waals surface area contributed by atoms with Crippen molar-refractivity contribution in [1.29, 1.82) is 0 Å². The van der Waals surface area contributed by atoms with Gasteiger partial charge in [0.1, 0.15) is 22.3 Å². The minimum absolute atomic E-state index is 0.296. The molecular formula is C14H13ClFNO2. The van der Waals surface area contributed by atoms with Crippen LogP contribution in [0.5, 0.6) is 11.5 Å². The van der Waals surface area contributed by atoms with Gasteiger partial charge in [0.15, 0.2) is 0 Å². The van der Waals surface area contributed by atoms with Gasteiger partial charge in [0, 0.05) is 16.8 Å². The molecule has 19 heavy (non-hydrogen) atoms. The van der Waals surface area contributed by atoms with Crippen LogP contribution in [0.25, 0.3) is 11.1 Å². The number of halogens is 2. The second-order valence-electron chi connectivity index (χ2n) is 3.90. The largest absolute Gasteiger partial charge is 0.495 e. The molecule has 0 saturated carbocycles. The van der Waals surface area contributed by atoms with Crippen LogP contribution < -0.4 is 15.2 Å². The molecule has 0 saturated heterocycles. The smallest absolute Gasteiger partial charge is 0.149 e. The van der Waals surface area contributed by atoms with Crippen molar-refractivity contribution in [3.05, 3.63) is 41.2 Å². The van der Waals surface area contributed by atoms with Gasteiger partial charge in [0.05, 0.1) is 14.2 Å². The molecule has 0 fully saturated rings. The summed E-state index contributed by atoms with van der Waals surface area (Å²) >= 11 is 6.15. The van der Waals surface area contributed by atoms with E-state index in [1.165, 1.54) is 32.4 Å². The number of hydrogen-bond donors (Lipinski definition) is 1. The highest BCUT2D eigenvalue weighted by atomic mass is 35.5. The van der Waals surface area contributed by atoms with Crippen LogP contribution in [-0.4, -0.2) is 14.2 Å². The Morgan fingerprint density at radius 2 is 1.79 bits per heavy atom. The molecule has 0 spiro atoms. The van der Waals surface area contributed by atoms with E-state index in [2.05, 4.69) is 0 Å². The van der Waals surface area contributed by atoms with Crippen LogP contribution in [0.3, 0.4) is 0 Å². The van der Waals surface area contributed by atoms with Crippen molar-refractivity contribution < 1.29 is 13.9 Å². The number of rotatable bonds is 3. The molecule has 0 heterocycles. The lowest BCUT2D eigenvalue weighted by molar-refractivity contribution is 0.395. The second-order valence-corrected chi connectivity index (χ2v) is 4.28. The minimum atomic E-state index is -0.395. The molecule has 2 N–H and O–H groups in total. The molecule has 0 atom stereocenters. The number of nitrogen functional groups attached to an aromatic ring is 1. The van der Waals surface area contributed by atoms with Crippen molar-refractivity contribution in [3.8, 4) is 22.6 Å². The molecule has 0 unspecified atom stereocenters. The van der Waals surface area contributed by atoms with E-state index in [1.54, 1.807) is 12.1 Å². The third kappa shape index (κ3) is 2.44. The first kappa shape index (κ1) is 13.5. The fourth-order valence-corrected chi connectivity index (χ4v) is 2.18. The summed E-state index contributed by atoms with van der Waals surface area (Å²) in [7, 11) is 2.97. The highest BCUT2D eigenvalue weighted by Gasteiger charge is 2.17. The summed E-state index contributed by atoms with van der Waals surface area (Å²) in [5, 5.41) is 0.296. The van der Waals surface area contributed by atoms with E-state index in [9.17, 15) is 4.39 Å². The highest BCUT2D eigenvalue weighted by molar-refractivity contribution is 6.34. The molecule has 0 amide bonds.